The summed E-state index contributed by atoms with van der Waals surface area (Å²) in [6.45, 7) is 0. The third-order valence-electron chi connectivity index (χ3n) is 9.72. The highest BCUT2D eigenvalue weighted by Gasteiger charge is 2.41. The Morgan fingerprint density at radius 1 is 0.379 bits per heavy atom. The van der Waals surface area contributed by atoms with Gasteiger partial charge in [-0.05, 0) is 63.0 Å². The summed E-state index contributed by atoms with van der Waals surface area (Å²) >= 11 is 0. The number of aromatic nitrogens is 2. The predicted octanol–water partition coefficient (Wildman–Crippen LogP) is 11.2. The van der Waals surface area contributed by atoms with Gasteiger partial charge in [-0.25, -0.2) is 0 Å². The van der Waals surface area contributed by atoms with Crippen molar-refractivity contribution in [1.82, 2.24) is 9.13 Å². The first kappa shape index (κ1) is 13.1. The van der Waals surface area contributed by atoms with Crippen LogP contribution in [0.25, 0.3) is 76.9 Å². The molecule has 0 aliphatic carbocycles. The Labute approximate surface area is 386 Å². The lowest BCUT2D eigenvalue weighted by Crippen LogP contribution is -2.74. The van der Waals surface area contributed by atoms with E-state index >= 15 is 0 Å². The second kappa shape index (κ2) is 12.8. The number of para-hydroxylation sites is 4. The van der Waals surface area contributed by atoms with Crippen LogP contribution < -0.4 is 20.7 Å². The summed E-state index contributed by atoms with van der Waals surface area (Å²) in [6.07, 6.45) is 0. The molecular weight excluding hydrogens is 721 g/mol. The smallest absolute Gasteiger partial charge is 0.179 e. The standard InChI is InChI=1S/C54H36N2OSi/c1-4-20-38(21-5-1)58(39-22-6-2-7-23-39,40-24-8-3-9-25-40)41-26-18-19-37(35-41)55-47-31-14-12-29-44(47)46-36-50(54-52(53(46)55)45-30-13-17-34-51(45)57-54)56-48-32-15-10-27-42(48)43-28-11-16-33-49(43)56/h1-36H/i1D,2D,3D,4D,5D,6D,7D,8D,9D,10D,11D,12D,13D,14D,15D,16D,17D,18D,19D,20D,21D,22D,23D,24D,25D,26D,27D,28D,29D,30D,31D,32D,33D,34D,35D,36D. The molecule has 0 spiro atoms. The van der Waals surface area contributed by atoms with Crippen molar-refractivity contribution in [1.29, 1.82) is 0 Å². The first-order chi connectivity index (χ1) is 43.8. The van der Waals surface area contributed by atoms with E-state index in [0.717, 1.165) is 4.57 Å². The molecule has 0 aliphatic heterocycles. The maximum Gasteiger partial charge on any atom is 0.179 e. The lowest BCUT2D eigenvalue weighted by atomic mass is 10.1. The third kappa shape index (κ3) is 4.61. The van der Waals surface area contributed by atoms with Crippen molar-refractivity contribution in [3.8, 4) is 11.4 Å². The second-order valence-electron chi connectivity index (χ2n) is 12.5. The van der Waals surface area contributed by atoms with Gasteiger partial charge in [0.2, 0.25) is 0 Å². The van der Waals surface area contributed by atoms with Crippen LogP contribution in [0.15, 0.2) is 222 Å². The van der Waals surface area contributed by atoms with E-state index in [2.05, 4.69) is 0 Å². The minimum atomic E-state index is -6.67. The Morgan fingerprint density at radius 2 is 0.828 bits per heavy atom. The van der Waals surface area contributed by atoms with Crippen molar-refractivity contribution in [2.24, 2.45) is 0 Å². The molecule has 272 valence electrons. The zero-order chi connectivity index (χ0) is 69.5. The van der Waals surface area contributed by atoms with Gasteiger partial charge < -0.3 is 13.6 Å². The Balaban J connectivity index is 1.48. The van der Waals surface area contributed by atoms with Crippen LogP contribution in [0.5, 0.6) is 0 Å². The topological polar surface area (TPSA) is 23.0 Å². The van der Waals surface area contributed by atoms with Gasteiger partial charge >= 0.3 is 0 Å². The fourth-order valence-corrected chi connectivity index (χ4v) is 11.0. The van der Waals surface area contributed by atoms with Crippen LogP contribution in [0, 0.1) is 0 Å². The molecule has 0 N–H and O–H groups in total. The van der Waals surface area contributed by atoms with Gasteiger partial charge in [-0.3, -0.25) is 0 Å². The van der Waals surface area contributed by atoms with Gasteiger partial charge in [0.05, 0.1) is 82.5 Å². The summed E-state index contributed by atoms with van der Waals surface area (Å²) in [5, 5.41) is -9.46. The van der Waals surface area contributed by atoms with Crippen LogP contribution >= 0.6 is 0 Å². The number of benzene rings is 9. The van der Waals surface area contributed by atoms with Gasteiger partial charge in [0.1, 0.15) is 5.58 Å². The highest BCUT2D eigenvalue weighted by molar-refractivity contribution is 7.19. The van der Waals surface area contributed by atoms with Gasteiger partial charge in [-0.1, -0.05) is 175 Å². The maximum absolute atomic E-state index is 10.8. The molecule has 3 heterocycles. The van der Waals surface area contributed by atoms with E-state index in [9.17, 15) is 23.3 Å². The number of hydrogen-bond donors (Lipinski definition) is 0. The normalized spacial score (nSPS) is 20.8. The van der Waals surface area contributed by atoms with Gasteiger partial charge in [-0.15, -0.1) is 0 Å². The monoisotopic (exact) mass is 792 g/mol. The Hall–Kier alpha value is -7.40. The minimum Gasteiger partial charge on any atom is -0.454 e. The Kier molecular flexibility index (Phi) is 2.89. The van der Waals surface area contributed by atoms with E-state index in [-0.39, 0.29) is 0 Å². The van der Waals surface area contributed by atoms with E-state index in [1.165, 1.54) is 0 Å². The Morgan fingerprint density at radius 3 is 1.40 bits per heavy atom. The number of hydrogen-bond acceptors (Lipinski definition) is 1. The molecule has 0 aliphatic rings. The fourth-order valence-electron chi connectivity index (χ4n) is 7.46. The maximum atomic E-state index is 10.8. The van der Waals surface area contributed by atoms with Gasteiger partial charge in [0.25, 0.3) is 0 Å². The predicted molar refractivity (Wildman–Crippen MR) is 246 cm³/mol. The van der Waals surface area contributed by atoms with Crippen LogP contribution in [0.3, 0.4) is 0 Å². The molecule has 4 heteroatoms. The first-order valence-electron chi connectivity index (χ1n) is 35.0. The van der Waals surface area contributed by atoms with Crippen LogP contribution in [0.1, 0.15) is 49.3 Å². The largest absolute Gasteiger partial charge is 0.454 e. The third-order valence-corrected chi connectivity index (χ3v) is 13.7. The van der Waals surface area contributed by atoms with Crippen molar-refractivity contribution in [2.45, 2.75) is 0 Å². The van der Waals surface area contributed by atoms with Crippen LogP contribution in [0.2, 0.25) is 0 Å². The highest BCUT2D eigenvalue weighted by atomic mass is 28.3. The molecule has 9 aromatic carbocycles. The quantitative estimate of drug-likeness (QED) is 0.121. The lowest BCUT2D eigenvalue weighted by molar-refractivity contribution is 0.666. The average molecular weight is 793 g/mol. The van der Waals surface area contributed by atoms with E-state index in [0.29, 0.717) is 4.57 Å². The number of nitrogens with zero attached hydrogens (tertiary/aromatic N) is 2. The highest BCUT2D eigenvalue weighted by Crippen LogP contribution is 2.45. The number of rotatable bonds is 6. The van der Waals surface area contributed by atoms with Crippen molar-refractivity contribution in [2.75, 3.05) is 0 Å². The SMILES string of the molecule is [2H]c1c([2H])c([2H])c([Si](c2c([2H])c([2H])c([2H])c([2H])c2[2H])(c2c([2H])c([2H])c([2H])c([2H])c2[2H])c2c([2H])c([2H])c([2H])c(-n3c4c([2H])c([2H])c([2H])c([2H])c4c4c([2H])c(-n5c6c([2H])c([2H])c([2H])c([2H])c6c6c([2H])c([2H])c([2H])c([2H])c65)c5oc6c([2H])c([2H])c([2H])c([2H])c6c5c43)c2[2H])c([2H])c1[2H]. The lowest BCUT2D eigenvalue weighted by Gasteiger charge is -2.34. The van der Waals surface area contributed by atoms with Gasteiger partial charge in [0.15, 0.2) is 13.7 Å². The zero-order valence-corrected chi connectivity index (χ0v) is 29.8. The molecule has 3 aromatic heterocycles. The molecule has 0 saturated carbocycles. The first-order valence-corrected chi connectivity index (χ1v) is 19.0. The summed E-state index contributed by atoms with van der Waals surface area (Å²) in [5.74, 6) is 0. The molecule has 0 amide bonds. The van der Waals surface area contributed by atoms with E-state index in [1.807, 2.05) is 0 Å². The molecule has 3 nitrogen and oxygen atoms in total. The summed E-state index contributed by atoms with van der Waals surface area (Å²) < 4.78 is 344. The zero-order valence-electron chi connectivity index (χ0n) is 64.8. The van der Waals surface area contributed by atoms with E-state index < -0.39 is 323 Å². The summed E-state index contributed by atoms with van der Waals surface area (Å²) in [5.41, 5.74) is -7.02. The summed E-state index contributed by atoms with van der Waals surface area (Å²) in [4.78, 5) is 0. The molecule has 12 rings (SSSR count). The number of fused-ring (bicyclic) bond motifs is 10. The van der Waals surface area contributed by atoms with Crippen molar-refractivity contribution >= 4 is 94.4 Å². The minimum absolute atomic E-state index is 0.573. The molecule has 58 heavy (non-hydrogen) atoms. The van der Waals surface area contributed by atoms with Crippen molar-refractivity contribution < 1.29 is 53.8 Å². The molecule has 0 fully saturated rings. The fraction of sp³-hybridized carbons (Fsp3) is 0. The van der Waals surface area contributed by atoms with Gasteiger partial charge in [0, 0.05) is 32.6 Å². The molecule has 0 unspecified atom stereocenters. The Bertz CT molecular complexity index is 5320. The molecule has 0 saturated heterocycles. The molecule has 0 bridgehead atoms. The van der Waals surface area contributed by atoms with E-state index in [4.69, 9.17) is 30.5 Å². The molecule has 0 atom stereocenters. The molecule has 12 aromatic rings. The van der Waals surface area contributed by atoms with Crippen LogP contribution in [0.4, 0.5) is 0 Å². The second-order valence-corrected chi connectivity index (χ2v) is 16.0. The van der Waals surface area contributed by atoms with Crippen molar-refractivity contribution in [3.63, 3.8) is 0 Å². The molecule has 0 radical (unpaired) electrons. The van der Waals surface area contributed by atoms with Crippen LogP contribution in [-0.4, -0.2) is 17.2 Å². The van der Waals surface area contributed by atoms with Crippen LogP contribution in [-0.2, 0) is 0 Å². The average Bonchev–Trinajstić information content (AvgIpc) is 1.27. The summed E-state index contributed by atoms with van der Waals surface area (Å²) in [7, 11) is -6.67. The molecular formula is C54H36N2OSi. The van der Waals surface area contributed by atoms with E-state index in [1.54, 1.807) is 0 Å². The van der Waals surface area contributed by atoms with Gasteiger partial charge in [-0.2, -0.15) is 0 Å². The summed E-state index contributed by atoms with van der Waals surface area (Å²) in [6, 6.07) is -42.3. The number of furan rings is 1. The van der Waals surface area contributed by atoms with Crippen molar-refractivity contribution in [3.05, 3.63) is 218 Å².